The van der Waals surface area contributed by atoms with Crippen LogP contribution in [0.15, 0.2) is 69.6 Å². The molecule has 1 fully saturated rings. The lowest BCUT2D eigenvalue weighted by molar-refractivity contribution is -0.384. The zero-order valence-electron chi connectivity index (χ0n) is 22.1. The second kappa shape index (κ2) is 11.0. The highest BCUT2D eigenvalue weighted by Crippen LogP contribution is 2.32. The van der Waals surface area contributed by atoms with E-state index in [0.29, 0.717) is 32.1 Å². The number of carbonyl (C=O) groups excluding carboxylic acids is 1. The number of anilines is 1. The van der Waals surface area contributed by atoms with E-state index in [-0.39, 0.29) is 17.9 Å². The summed E-state index contributed by atoms with van der Waals surface area (Å²) in [4.78, 5) is 45.5. The normalized spacial score (nSPS) is 18.1. The summed E-state index contributed by atoms with van der Waals surface area (Å²) in [5, 5.41) is 11.6. The third-order valence-corrected chi connectivity index (χ3v) is 8.25. The van der Waals surface area contributed by atoms with Crippen LogP contribution in [0.4, 0.5) is 11.4 Å². The Hall–Kier alpha value is -4.05. The summed E-state index contributed by atoms with van der Waals surface area (Å²) >= 11 is 1.21. The quantitative estimate of drug-likeness (QED) is 0.263. The summed E-state index contributed by atoms with van der Waals surface area (Å²) in [6.07, 6.45) is 3.78. The molecule has 0 spiro atoms. The molecular formula is C29H30N4O5S. The third kappa shape index (κ3) is 5.16. The average molecular weight is 547 g/mol. The first-order chi connectivity index (χ1) is 18.8. The smallest absolute Gasteiger partial charge is 0.338 e. The molecule has 0 bridgehead atoms. The minimum Gasteiger partial charge on any atom is -0.463 e. The van der Waals surface area contributed by atoms with Crippen molar-refractivity contribution in [2.45, 2.75) is 39.7 Å². The van der Waals surface area contributed by atoms with E-state index >= 15 is 0 Å². The van der Waals surface area contributed by atoms with Gasteiger partial charge in [-0.2, -0.15) is 0 Å². The number of nitro groups is 1. The van der Waals surface area contributed by atoms with Gasteiger partial charge in [0.2, 0.25) is 0 Å². The Kier molecular flexibility index (Phi) is 7.47. The number of non-ortho nitro benzene ring substituents is 1. The molecule has 2 aromatic carbocycles. The summed E-state index contributed by atoms with van der Waals surface area (Å²) in [7, 11) is 0. The number of benzene rings is 2. The minimum absolute atomic E-state index is 0.0363. The van der Waals surface area contributed by atoms with Gasteiger partial charge in [-0.1, -0.05) is 48.6 Å². The van der Waals surface area contributed by atoms with Crippen LogP contribution in [0.5, 0.6) is 0 Å². The van der Waals surface area contributed by atoms with Crippen LogP contribution >= 0.6 is 11.3 Å². The molecule has 1 aromatic heterocycles. The zero-order valence-corrected chi connectivity index (χ0v) is 22.9. The fraction of sp³-hybridized carbons (Fsp3) is 0.345. The fourth-order valence-electron chi connectivity index (χ4n) is 5.19. The SMILES string of the molecule is CCOC(=O)C1=C(C)N=c2s/c(=C/c3cc([N+](=O)[O-])ccc3N3CCC(C)CC3)c(=O)n2[C@@H]1c1ccccc1. The topological polar surface area (TPSA) is 107 Å². The summed E-state index contributed by atoms with van der Waals surface area (Å²) in [5.41, 5.74) is 2.70. The largest absolute Gasteiger partial charge is 0.463 e. The number of allylic oxidation sites excluding steroid dienone is 1. The Labute approximate surface area is 229 Å². The van der Waals surface area contributed by atoms with Crippen molar-refractivity contribution >= 4 is 34.8 Å². The first-order valence-electron chi connectivity index (χ1n) is 13.1. The van der Waals surface area contributed by atoms with Crippen molar-refractivity contribution in [1.82, 2.24) is 4.57 Å². The second-order valence-electron chi connectivity index (χ2n) is 9.88. The number of hydrogen-bond donors (Lipinski definition) is 0. The molecule has 1 atom stereocenters. The van der Waals surface area contributed by atoms with Crippen molar-refractivity contribution in [3.05, 3.63) is 101 Å². The average Bonchev–Trinajstić information content (AvgIpc) is 3.23. The van der Waals surface area contributed by atoms with Gasteiger partial charge >= 0.3 is 5.97 Å². The Morgan fingerprint density at radius 1 is 1.21 bits per heavy atom. The molecule has 0 N–H and O–H groups in total. The first-order valence-corrected chi connectivity index (χ1v) is 13.9. The number of esters is 1. The molecule has 0 unspecified atom stereocenters. The van der Waals surface area contributed by atoms with Crippen LogP contribution in [0.1, 0.15) is 50.8 Å². The maximum absolute atomic E-state index is 13.9. The Bertz CT molecular complexity index is 1630. The lowest BCUT2D eigenvalue weighted by Crippen LogP contribution is -2.40. The van der Waals surface area contributed by atoms with Crippen LogP contribution in [0.25, 0.3) is 6.08 Å². The van der Waals surface area contributed by atoms with Gasteiger partial charge in [-0.3, -0.25) is 19.5 Å². The lowest BCUT2D eigenvalue weighted by atomic mass is 9.96. The van der Waals surface area contributed by atoms with Gasteiger partial charge < -0.3 is 9.64 Å². The monoisotopic (exact) mass is 546 g/mol. The molecule has 1 saturated heterocycles. The number of fused-ring (bicyclic) bond motifs is 1. The molecule has 9 nitrogen and oxygen atoms in total. The van der Waals surface area contributed by atoms with E-state index in [1.165, 1.54) is 28.0 Å². The third-order valence-electron chi connectivity index (χ3n) is 7.27. The molecule has 0 saturated carbocycles. The molecule has 3 heterocycles. The van der Waals surface area contributed by atoms with E-state index in [0.717, 1.165) is 37.2 Å². The number of piperidine rings is 1. The summed E-state index contributed by atoms with van der Waals surface area (Å²) < 4.78 is 7.26. The molecule has 2 aliphatic heterocycles. The van der Waals surface area contributed by atoms with Crippen LogP contribution in [0.3, 0.4) is 0 Å². The maximum atomic E-state index is 13.9. The van der Waals surface area contributed by atoms with Gasteiger partial charge in [0.25, 0.3) is 11.2 Å². The zero-order chi connectivity index (χ0) is 27.7. The highest BCUT2D eigenvalue weighted by atomic mass is 32.1. The molecule has 2 aliphatic rings. The van der Waals surface area contributed by atoms with Crippen molar-refractivity contribution in [2.24, 2.45) is 10.9 Å². The Morgan fingerprint density at radius 2 is 1.92 bits per heavy atom. The number of carbonyl (C=O) groups is 1. The molecule has 10 heteroatoms. The van der Waals surface area contributed by atoms with Crippen LogP contribution in [-0.4, -0.2) is 35.2 Å². The standard InChI is InChI=1S/C29H30N4O5S/c1-4-38-28(35)25-19(3)30-29-32(26(25)20-8-6-5-7-9-20)27(34)24(39-29)17-21-16-22(33(36)37)10-11-23(21)31-14-12-18(2)13-15-31/h5-11,16-18,26H,4,12-15H2,1-3H3/b24-17+/t26-/m1/s1. The molecule has 0 amide bonds. The lowest BCUT2D eigenvalue weighted by Gasteiger charge is -2.33. The minimum atomic E-state index is -0.697. The first kappa shape index (κ1) is 26.6. The summed E-state index contributed by atoms with van der Waals surface area (Å²) in [5.74, 6) is 0.114. The summed E-state index contributed by atoms with van der Waals surface area (Å²) in [6.45, 7) is 7.60. The van der Waals surface area contributed by atoms with Crippen molar-refractivity contribution in [1.29, 1.82) is 0 Å². The van der Waals surface area contributed by atoms with Crippen molar-refractivity contribution < 1.29 is 14.5 Å². The van der Waals surface area contributed by atoms with Crippen LogP contribution < -0.4 is 19.8 Å². The molecular weight excluding hydrogens is 516 g/mol. The van der Waals surface area contributed by atoms with Crippen molar-refractivity contribution in [3.8, 4) is 0 Å². The van der Waals surface area contributed by atoms with Gasteiger partial charge in [-0.05, 0) is 50.3 Å². The second-order valence-corrected chi connectivity index (χ2v) is 10.9. The Morgan fingerprint density at radius 3 is 2.59 bits per heavy atom. The van der Waals surface area contributed by atoms with Crippen molar-refractivity contribution in [3.63, 3.8) is 0 Å². The molecule has 39 heavy (non-hydrogen) atoms. The van der Waals surface area contributed by atoms with E-state index in [9.17, 15) is 19.7 Å². The van der Waals surface area contributed by atoms with E-state index in [2.05, 4.69) is 16.8 Å². The van der Waals surface area contributed by atoms with Gasteiger partial charge in [0.15, 0.2) is 4.80 Å². The van der Waals surface area contributed by atoms with Crippen LogP contribution in [0, 0.1) is 16.0 Å². The number of aromatic nitrogens is 1. The number of rotatable bonds is 6. The number of ether oxygens (including phenoxy) is 1. The maximum Gasteiger partial charge on any atom is 0.338 e. The van der Waals surface area contributed by atoms with Crippen LogP contribution in [0.2, 0.25) is 0 Å². The van der Waals surface area contributed by atoms with Crippen LogP contribution in [-0.2, 0) is 9.53 Å². The molecule has 202 valence electrons. The molecule has 0 radical (unpaired) electrons. The van der Waals surface area contributed by atoms with Crippen molar-refractivity contribution in [2.75, 3.05) is 24.6 Å². The highest BCUT2D eigenvalue weighted by molar-refractivity contribution is 7.07. The Balaban J connectivity index is 1.69. The number of thiazole rings is 1. The van der Waals surface area contributed by atoms with Gasteiger partial charge in [0, 0.05) is 36.5 Å². The predicted molar refractivity (Wildman–Crippen MR) is 151 cm³/mol. The van der Waals surface area contributed by atoms with Gasteiger partial charge in [0.05, 0.1) is 33.4 Å². The number of hydrogen-bond acceptors (Lipinski definition) is 8. The highest BCUT2D eigenvalue weighted by Gasteiger charge is 2.33. The van der Waals surface area contributed by atoms with Gasteiger partial charge in [-0.15, -0.1) is 0 Å². The fourth-order valence-corrected chi connectivity index (χ4v) is 6.23. The van der Waals surface area contributed by atoms with Gasteiger partial charge in [0.1, 0.15) is 0 Å². The van der Waals surface area contributed by atoms with E-state index < -0.39 is 16.9 Å². The number of nitrogens with zero attached hydrogens (tertiary/aromatic N) is 4. The van der Waals surface area contributed by atoms with E-state index in [4.69, 9.17) is 4.74 Å². The molecule has 0 aliphatic carbocycles. The molecule has 5 rings (SSSR count). The predicted octanol–water partition coefficient (Wildman–Crippen LogP) is 3.94. The van der Waals surface area contributed by atoms with Gasteiger partial charge in [-0.25, -0.2) is 9.79 Å². The molecule has 3 aromatic rings. The van der Waals surface area contributed by atoms with E-state index in [1.54, 1.807) is 26.0 Å². The van der Waals surface area contributed by atoms with E-state index in [1.807, 2.05) is 30.3 Å². The summed E-state index contributed by atoms with van der Waals surface area (Å²) in [6, 6.07) is 13.4. The number of nitro benzene ring substituents is 1.